The van der Waals surface area contributed by atoms with Gasteiger partial charge in [-0.15, -0.1) is 16.5 Å². The molecule has 0 fully saturated rings. The third-order valence-electron chi connectivity index (χ3n) is 3.80. The molecule has 6 nitrogen and oxygen atoms in total. The Bertz CT molecular complexity index is 862. The largest absolute Gasteiger partial charge is 0.439 e. The number of hydrogen-bond donors (Lipinski definition) is 0. The summed E-state index contributed by atoms with van der Waals surface area (Å²) in [5.41, 5.74) is 1.85. The first-order chi connectivity index (χ1) is 12.2. The first-order valence-electron chi connectivity index (χ1n) is 7.83. The van der Waals surface area contributed by atoms with E-state index in [0.717, 1.165) is 5.01 Å². The minimum Gasteiger partial charge on any atom is -0.439 e. The molecule has 0 bridgehead atoms. The van der Waals surface area contributed by atoms with Gasteiger partial charge in [0.25, 0.3) is 0 Å². The molecule has 0 saturated heterocycles. The Kier molecular flexibility index (Phi) is 5.40. The van der Waals surface area contributed by atoms with Crippen LogP contribution in [0.25, 0.3) is 21.8 Å². The van der Waals surface area contributed by atoms with Gasteiger partial charge in [0.15, 0.2) is 6.73 Å². The molecular formula is C18H16ClN3O3. The zero-order valence-corrected chi connectivity index (χ0v) is 14.1. The molecule has 0 unspecified atom stereocenters. The maximum Gasteiger partial charge on any atom is 0.341 e. The third-order valence-corrected chi connectivity index (χ3v) is 4.07. The number of carbonyl (C=O) groups is 1. The number of nitroso groups, excluding NO2 is 1. The Morgan fingerprint density at radius 3 is 2.24 bits per heavy atom. The lowest BCUT2D eigenvalue weighted by molar-refractivity contribution is 0.0221. The molecule has 1 aromatic heterocycles. The minimum atomic E-state index is -0.519. The molecule has 3 rings (SSSR count). The Morgan fingerprint density at radius 2 is 1.68 bits per heavy atom. The number of pyridine rings is 1. The van der Waals surface area contributed by atoms with Crippen molar-refractivity contribution in [2.75, 3.05) is 19.2 Å². The predicted molar refractivity (Wildman–Crippen MR) is 97.4 cm³/mol. The van der Waals surface area contributed by atoms with Crippen LogP contribution in [0.2, 0.25) is 0 Å². The summed E-state index contributed by atoms with van der Waals surface area (Å²) in [6, 6.07) is 14.8. The van der Waals surface area contributed by atoms with Gasteiger partial charge >= 0.3 is 5.97 Å². The number of nitrogens with zero attached hydrogens (tertiary/aromatic N) is 3. The van der Waals surface area contributed by atoms with E-state index in [0.29, 0.717) is 46.2 Å². The van der Waals surface area contributed by atoms with E-state index in [4.69, 9.17) is 16.3 Å². The van der Waals surface area contributed by atoms with Gasteiger partial charge < -0.3 is 4.74 Å². The summed E-state index contributed by atoms with van der Waals surface area (Å²) in [5, 5.41) is 5.39. The fraction of sp³-hybridized carbons (Fsp3) is 0.222. The SMILES string of the molecule is O=NN(CCCCl)COC(=O)c1c2ccccc2nc2ccccc12. The van der Waals surface area contributed by atoms with Crippen LogP contribution in [-0.2, 0) is 4.74 Å². The molecular weight excluding hydrogens is 342 g/mol. The number of ether oxygens (including phenoxy) is 1. The van der Waals surface area contributed by atoms with Crippen molar-refractivity contribution < 1.29 is 9.53 Å². The van der Waals surface area contributed by atoms with E-state index in [1.807, 2.05) is 48.5 Å². The maximum absolute atomic E-state index is 12.7. The number of fused-ring (bicyclic) bond motifs is 2. The number of rotatable bonds is 7. The van der Waals surface area contributed by atoms with Crippen LogP contribution >= 0.6 is 11.6 Å². The summed E-state index contributed by atoms with van der Waals surface area (Å²) in [4.78, 5) is 28.1. The van der Waals surface area contributed by atoms with Crippen molar-refractivity contribution in [3.05, 3.63) is 59.0 Å². The molecule has 25 heavy (non-hydrogen) atoms. The standard InChI is InChI=1S/C18H16ClN3O3/c19-10-5-11-22(21-24)12-25-18(23)17-13-6-1-3-8-15(13)20-16-9-4-2-7-14(16)17/h1-4,6-9H,5,10-12H2. The fourth-order valence-electron chi connectivity index (χ4n) is 2.64. The molecule has 0 spiro atoms. The highest BCUT2D eigenvalue weighted by molar-refractivity contribution is 6.17. The molecule has 0 radical (unpaired) electrons. The first-order valence-corrected chi connectivity index (χ1v) is 8.37. The Balaban J connectivity index is 1.95. The van der Waals surface area contributed by atoms with Crippen molar-refractivity contribution in [1.29, 1.82) is 0 Å². The normalized spacial score (nSPS) is 10.8. The van der Waals surface area contributed by atoms with Gasteiger partial charge in [-0.25, -0.2) is 14.8 Å². The summed E-state index contributed by atoms with van der Waals surface area (Å²) in [6.45, 7) is 0.113. The Morgan fingerprint density at radius 1 is 1.08 bits per heavy atom. The van der Waals surface area contributed by atoms with Gasteiger partial charge in [-0.2, -0.15) is 0 Å². The summed E-state index contributed by atoms with van der Waals surface area (Å²) >= 11 is 5.61. The van der Waals surface area contributed by atoms with Crippen LogP contribution in [0.3, 0.4) is 0 Å². The summed E-state index contributed by atoms with van der Waals surface area (Å²) in [6.07, 6.45) is 0.575. The first kappa shape index (κ1) is 17.1. The molecule has 0 atom stereocenters. The topological polar surface area (TPSA) is 71.9 Å². The number of halogens is 1. The van der Waals surface area contributed by atoms with Gasteiger partial charge in [-0.1, -0.05) is 36.4 Å². The van der Waals surface area contributed by atoms with Crippen molar-refractivity contribution >= 4 is 39.4 Å². The van der Waals surface area contributed by atoms with Crippen LogP contribution in [0.1, 0.15) is 16.8 Å². The number of hydrogen-bond acceptors (Lipinski definition) is 5. The summed E-state index contributed by atoms with van der Waals surface area (Å²) < 4.78 is 5.32. The van der Waals surface area contributed by atoms with Gasteiger partial charge in [0.05, 0.1) is 21.9 Å². The lowest BCUT2D eigenvalue weighted by Gasteiger charge is -2.15. The van der Waals surface area contributed by atoms with E-state index in [-0.39, 0.29) is 6.73 Å². The Hall–Kier alpha value is -2.73. The second-order valence-corrected chi connectivity index (χ2v) is 5.81. The zero-order valence-electron chi connectivity index (χ0n) is 13.4. The molecule has 0 amide bonds. The smallest absolute Gasteiger partial charge is 0.341 e. The third kappa shape index (κ3) is 3.69. The molecule has 3 aromatic rings. The number of esters is 1. The highest BCUT2D eigenvalue weighted by Crippen LogP contribution is 2.26. The quantitative estimate of drug-likeness (QED) is 0.159. The molecule has 2 aromatic carbocycles. The van der Waals surface area contributed by atoms with Crippen LogP contribution < -0.4 is 0 Å². The van der Waals surface area contributed by atoms with Crippen molar-refractivity contribution in [1.82, 2.24) is 9.99 Å². The number of benzene rings is 2. The van der Waals surface area contributed by atoms with Crippen molar-refractivity contribution in [2.45, 2.75) is 6.42 Å². The second-order valence-electron chi connectivity index (χ2n) is 5.44. The average Bonchev–Trinajstić information content (AvgIpc) is 2.66. The van der Waals surface area contributed by atoms with E-state index < -0.39 is 5.97 Å². The van der Waals surface area contributed by atoms with E-state index in [2.05, 4.69) is 10.3 Å². The van der Waals surface area contributed by atoms with Gasteiger partial charge in [0, 0.05) is 23.2 Å². The summed E-state index contributed by atoms with van der Waals surface area (Å²) in [5.74, 6) is -0.117. The monoisotopic (exact) mass is 357 g/mol. The molecule has 7 heteroatoms. The van der Waals surface area contributed by atoms with E-state index in [1.165, 1.54) is 0 Å². The predicted octanol–water partition coefficient (Wildman–Crippen LogP) is 4.11. The van der Waals surface area contributed by atoms with Crippen LogP contribution in [0.4, 0.5) is 0 Å². The Labute approximate surface area is 149 Å². The van der Waals surface area contributed by atoms with Crippen LogP contribution in [0.15, 0.2) is 53.8 Å². The van der Waals surface area contributed by atoms with Crippen molar-refractivity contribution in [3.63, 3.8) is 0 Å². The maximum atomic E-state index is 12.7. The lowest BCUT2D eigenvalue weighted by Crippen LogP contribution is -2.24. The van der Waals surface area contributed by atoms with E-state index in [9.17, 15) is 9.70 Å². The zero-order chi connectivity index (χ0) is 17.6. The van der Waals surface area contributed by atoms with Gasteiger partial charge in [-0.3, -0.25) is 0 Å². The van der Waals surface area contributed by atoms with Crippen molar-refractivity contribution in [3.8, 4) is 0 Å². The number of alkyl halides is 1. The summed E-state index contributed by atoms with van der Waals surface area (Å²) in [7, 11) is 0. The molecule has 0 saturated carbocycles. The van der Waals surface area contributed by atoms with Crippen LogP contribution in [-0.4, -0.2) is 35.1 Å². The average molecular weight is 358 g/mol. The molecule has 0 aliphatic rings. The van der Waals surface area contributed by atoms with Gasteiger partial charge in [0.2, 0.25) is 0 Å². The minimum absolute atomic E-state index is 0.218. The second kappa shape index (κ2) is 7.90. The fourth-order valence-corrected chi connectivity index (χ4v) is 2.76. The molecule has 0 N–H and O–H groups in total. The number of para-hydroxylation sites is 2. The molecule has 128 valence electrons. The molecule has 1 heterocycles. The highest BCUT2D eigenvalue weighted by atomic mass is 35.5. The van der Waals surface area contributed by atoms with Crippen molar-refractivity contribution in [2.24, 2.45) is 5.29 Å². The highest BCUT2D eigenvalue weighted by Gasteiger charge is 2.18. The number of carbonyl (C=O) groups excluding carboxylic acids is 1. The van der Waals surface area contributed by atoms with Gasteiger partial charge in [0.1, 0.15) is 0 Å². The van der Waals surface area contributed by atoms with Crippen LogP contribution in [0, 0.1) is 4.91 Å². The lowest BCUT2D eigenvalue weighted by atomic mass is 10.0. The van der Waals surface area contributed by atoms with E-state index in [1.54, 1.807) is 0 Å². The number of aromatic nitrogens is 1. The molecule has 0 aliphatic heterocycles. The molecule has 0 aliphatic carbocycles. The van der Waals surface area contributed by atoms with E-state index >= 15 is 0 Å². The van der Waals surface area contributed by atoms with Gasteiger partial charge in [-0.05, 0) is 18.6 Å². The van der Waals surface area contributed by atoms with Crippen LogP contribution in [0.5, 0.6) is 0 Å².